The molecule has 0 atom stereocenters. The van der Waals surface area contributed by atoms with Crippen LogP contribution < -0.4 is 5.32 Å². The third-order valence-electron chi connectivity index (χ3n) is 2.15. The SMILES string of the molecule is Cc1cc(F)c(Br)c(NCc2cnc(Cl)s2)c1. The molecule has 0 aliphatic heterocycles. The van der Waals surface area contributed by atoms with Crippen molar-refractivity contribution in [2.75, 3.05) is 5.32 Å². The van der Waals surface area contributed by atoms with Crippen molar-refractivity contribution < 1.29 is 4.39 Å². The van der Waals surface area contributed by atoms with E-state index in [9.17, 15) is 4.39 Å². The van der Waals surface area contributed by atoms with E-state index in [1.807, 2.05) is 13.0 Å². The molecule has 1 aromatic carbocycles. The van der Waals surface area contributed by atoms with Crippen molar-refractivity contribution in [3.05, 3.63) is 43.5 Å². The van der Waals surface area contributed by atoms with E-state index in [0.29, 0.717) is 15.5 Å². The molecule has 2 aromatic rings. The van der Waals surface area contributed by atoms with Crippen LogP contribution in [-0.4, -0.2) is 4.98 Å². The van der Waals surface area contributed by atoms with Crippen molar-refractivity contribution >= 4 is 44.6 Å². The van der Waals surface area contributed by atoms with Crippen LogP contribution in [0.25, 0.3) is 0 Å². The molecule has 1 heterocycles. The molecule has 0 saturated carbocycles. The lowest BCUT2D eigenvalue weighted by Crippen LogP contribution is -2.00. The fourth-order valence-corrected chi connectivity index (χ4v) is 2.69. The molecule has 0 aliphatic carbocycles. The Morgan fingerprint density at radius 3 is 2.94 bits per heavy atom. The maximum atomic E-state index is 13.5. The van der Waals surface area contributed by atoms with E-state index >= 15 is 0 Å². The highest BCUT2D eigenvalue weighted by Gasteiger charge is 2.07. The minimum atomic E-state index is -0.269. The van der Waals surface area contributed by atoms with E-state index in [1.54, 1.807) is 6.20 Å². The summed E-state index contributed by atoms with van der Waals surface area (Å²) in [5, 5.41) is 3.15. The zero-order chi connectivity index (χ0) is 12.4. The molecule has 17 heavy (non-hydrogen) atoms. The van der Waals surface area contributed by atoms with Gasteiger partial charge in [-0.25, -0.2) is 9.37 Å². The van der Waals surface area contributed by atoms with Gasteiger partial charge in [0.2, 0.25) is 0 Å². The standard InChI is InChI=1S/C11H9BrClFN2S/c1-6-2-8(14)10(12)9(3-6)15-4-7-5-16-11(13)17-7/h2-3,5,15H,4H2,1H3. The summed E-state index contributed by atoms with van der Waals surface area (Å²) in [6.45, 7) is 2.43. The molecular formula is C11H9BrClFN2S. The van der Waals surface area contributed by atoms with Gasteiger partial charge in [-0.05, 0) is 40.5 Å². The number of nitrogens with one attached hydrogen (secondary N) is 1. The highest BCUT2D eigenvalue weighted by atomic mass is 79.9. The van der Waals surface area contributed by atoms with E-state index in [-0.39, 0.29) is 5.82 Å². The largest absolute Gasteiger partial charge is 0.379 e. The molecule has 2 nitrogen and oxygen atoms in total. The summed E-state index contributed by atoms with van der Waals surface area (Å²) in [7, 11) is 0. The zero-order valence-electron chi connectivity index (χ0n) is 8.93. The smallest absolute Gasteiger partial charge is 0.183 e. The first-order chi connectivity index (χ1) is 8.06. The lowest BCUT2D eigenvalue weighted by atomic mass is 10.2. The van der Waals surface area contributed by atoms with Crippen molar-refractivity contribution in [3.63, 3.8) is 0 Å². The van der Waals surface area contributed by atoms with Crippen molar-refractivity contribution in [1.82, 2.24) is 4.98 Å². The van der Waals surface area contributed by atoms with Crippen LogP contribution >= 0.6 is 38.9 Å². The summed E-state index contributed by atoms with van der Waals surface area (Å²) in [4.78, 5) is 4.95. The Labute approximate surface area is 116 Å². The summed E-state index contributed by atoms with van der Waals surface area (Å²) >= 11 is 10.4. The van der Waals surface area contributed by atoms with Gasteiger partial charge in [0.1, 0.15) is 5.82 Å². The molecule has 2 rings (SSSR count). The van der Waals surface area contributed by atoms with Crippen LogP contribution in [0.1, 0.15) is 10.4 Å². The van der Waals surface area contributed by atoms with Crippen molar-refractivity contribution in [3.8, 4) is 0 Å². The minimum Gasteiger partial charge on any atom is -0.379 e. The third-order valence-corrected chi connectivity index (χ3v) is 4.07. The van der Waals surface area contributed by atoms with Gasteiger partial charge in [0.05, 0.1) is 16.7 Å². The number of hydrogen-bond donors (Lipinski definition) is 1. The van der Waals surface area contributed by atoms with E-state index in [4.69, 9.17) is 11.6 Å². The summed E-state index contributed by atoms with van der Waals surface area (Å²) in [5.41, 5.74) is 1.60. The molecule has 0 radical (unpaired) electrons. The molecule has 0 fully saturated rings. The molecule has 0 unspecified atom stereocenters. The van der Waals surface area contributed by atoms with Gasteiger partial charge in [0, 0.05) is 11.1 Å². The highest BCUT2D eigenvalue weighted by Crippen LogP contribution is 2.28. The second-order valence-corrected chi connectivity index (χ2v) is 6.03. The molecule has 0 aliphatic rings. The van der Waals surface area contributed by atoms with Gasteiger partial charge in [-0.2, -0.15) is 0 Å². The molecule has 0 bridgehead atoms. The predicted octanol–water partition coefficient (Wildman–Crippen LogP) is 4.62. The average Bonchev–Trinajstić information content (AvgIpc) is 2.67. The van der Waals surface area contributed by atoms with E-state index in [0.717, 1.165) is 16.1 Å². The molecule has 0 saturated heterocycles. The fraction of sp³-hybridized carbons (Fsp3) is 0.182. The van der Waals surface area contributed by atoms with Crippen LogP contribution in [0, 0.1) is 12.7 Å². The minimum absolute atomic E-state index is 0.269. The summed E-state index contributed by atoms with van der Waals surface area (Å²) in [6, 6.07) is 3.37. The Kier molecular flexibility index (Phi) is 4.01. The Balaban J connectivity index is 2.14. The maximum absolute atomic E-state index is 13.5. The van der Waals surface area contributed by atoms with Gasteiger partial charge in [-0.1, -0.05) is 11.6 Å². The van der Waals surface area contributed by atoms with Gasteiger partial charge in [0.25, 0.3) is 0 Å². The first-order valence-electron chi connectivity index (χ1n) is 4.86. The first-order valence-corrected chi connectivity index (χ1v) is 6.84. The van der Waals surface area contributed by atoms with Gasteiger partial charge in [-0.3, -0.25) is 0 Å². The van der Waals surface area contributed by atoms with Crippen LogP contribution in [0.2, 0.25) is 4.47 Å². The van der Waals surface area contributed by atoms with Gasteiger partial charge in [0.15, 0.2) is 4.47 Å². The lowest BCUT2D eigenvalue weighted by Gasteiger charge is -2.09. The number of hydrogen-bond acceptors (Lipinski definition) is 3. The number of thiazole rings is 1. The van der Waals surface area contributed by atoms with Crippen LogP contribution in [0.4, 0.5) is 10.1 Å². The second kappa shape index (κ2) is 5.33. The molecule has 0 spiro atoms. The summed E-state index contributed by atoms with van der Waals surface area (Å²) < 4.78 is 14.4. The monoisotopic (exact) mass is 334 g/mol. The first kappa shape index (κ1) is 12.8. The molecule has 1 N–H and O–H groups in total. The normalized spacial score (nSPS) is 10.6. The molecular weight excluding hydrogens is 327 g/mol. The number of rotatable bonds is 3. The number of aromatic nitrogens is 1. The van der Waals surface area contributed by atoms with Crippen LogP contribution in [0.3, 0.4) is 0 Å². The molecule has 6 heteroatoms. The quantitative estimate of drug-likeness (QED) is 0.885. The number of aryl methyl sites for hydroxylation is 1. The fourth-order valence-electron chi connectivity index (χ4n) is 1.40. The Bertz CT molecular complexity index is 544. The van der Waals surface area contributed by atoms with Crippen molar-refractivity contribution in [2.24, 2.45) is 0 Å². The van der Waals surface area contributed by atoms with Gasteiger partial charge < -0.3 is 5.32 Å². The maximum Gasteiger partial charge on any atom is 0.183 e. The molecule has 90 valence electrons. The third kappa shape index (κ3) is 3.18. The van der Waals surface area contributed by atoms with Crippen molar-refractivity contribution in [2.45, 2.75) is 13.5 Å². The van der Waals surface area contributed by atoms with Gasteiger partial charge in [-0.15, -0.1) is 11.3 Å². The summed E-state index contributed by atoms with van der Waals surface area (Å²) in [6.07, 6.45) is 1.71. The average molecular weight is 336 g/mol. The second-order valence-electron chi connectivity index (χ2n) is 3.54. The summed E-state index contributed by atoms with van der Waals surface area (Å²) in [5.74, 6) is -0.269. The van der Waals surface area contributed by atoms with E-state index < -0.39 is 0 Å². The Morgan fingerprint density at radius 1 is 1.53 bits per heavy atom. The topological polar surface area (TPSA) is 24.9 Å². The van der Waals surface area contributed by atoms with E-state index in [1.165, 1.54) is 17.4 Å². The number of benzene rings is 1. The van der Waals surface area contributed by atoms with Crippen LogP contribution in [0.5, 0.6) is 0 Å². The number of nitrogens with zero attached hydrogens (tertiary/aromatic N) is 1. The number of anilines is 1. The Morgan fingerprint density at radius 2 is 2.29 bits per heavy atom. The molecule has 0 amide bonds. The zero-order valence-corrected chi connectivity index (χ0v) is 12.1. The lowest BCUT2D eigenvalue weighted by molar-refractivity contribution is 0.620. The van der Waals surface area contributed by atoms with Crippen LogP contribution in [0.15, 0.2) is 22.8 Å². The predicted molar refractivity (Wildman–Crippen MR) is 73.3 cm³/mol. The number of halogens is 3. The Hall–Kier alpha value is -0.650. The van der Waals surface area contributed by atoms with E-state index in [2.05, 4.69) is 26.2 Å². The van der Waals surface area contributed by atoms with Crippen LogP contribution in [-0.2, 0) is 6.54 Å². The van der Waals surface area contributed by atoms with Crippen molar-refractivity contribution in [1.29, 1.82) is 0 Å². The highest BCUT2D eigenvalue weighted by molar-refractivity contribution is 9.10. The van der Waals surface area contributed by atoms with Gasteiger partial charge >= 0.3 is 0 Å². The molecule has 1 aromatic heterocycles.